The van der Waals surface area contributed by atoms with Crippen molar-refractivity contribution in [3.63, 3.8) is 0 Å². The van der Waals surface area contributed by atoms with Gasteiger partial charge in [0, 0.05) is 11.3 Å². The quantitative estimate of drug-likeness (QED) is 0.515. The van der Waals surface area contributed by atoms with Gasteiger partial charge in [0.05, 0.1) is 4.92 Å². The SMILES string of the molecule is CC(=O)c1ccc(NC(=O)C(C)n2nc(C)c([N+](=O)[O-])c2C)cc1. The third-order valence-corrected chi connectivity index (χ3v) is 3.77. The van der Waals surface area contributed by atoms with Gasteiger partial charge in [-0.1, -0.05) is 0 Å². The lowest BCUT2D eigenvalue weighted by molar-refractivity contribution is -0.386. The van der Waals surface area contributed by atoms with E-state index in [1.165, 1.54) is 18.5 Å². The van der Waals surface area contributed by atoms with Gasteiger partial charge < -0.3 is 5.32 Å². The van der Waals surface area contributed by atoms with Crippen LogP contribution in [0.25, 0.3) is 0 Å². The first kappa shape index (κ1) is 17.3. The maximum Gasteiger partial charge on any atom is 0.312 e. The van der Waals surface area contributed by atoms with E-state index in [9.17, 15) is 19.7 Å². The molecule has 1 aromatic heterocycles. The number of aromatic nitrogens is 2. The summed E-state index contributed by atoms with van der Waals surface area (Å²) in [6.45, 7) is 6.17. The number of nitrogens with zero attached hydrogens (tertiary/aromatic N) is 3. The summed E-state index contributed by atoms with van der Waals surface area (Å²) < 4.78 is 1.34. The van der Waals surface area contributed by atoms with E-state index < -0.39 is 11.0 Å². The van der Waals surface area contributed by atoms with Crippen LogP contribution in [0.1, 0.15) is 41.6 Å². The van der Waals surface area contributed by atoms with Crippen LogP contribution in [0.4, 0.5) is 11.4 Å². The van der Waals surface area contributed by atoms with Crippen LogP contribution in [0.2, 0.25) is 0 Å². The second kappa shape index (κ2) is 6.61. The first-order valence-electron chi connectivity index (χ1n) is 7.34. The molecule has 126 valence electrons. The van der Waals surface area contributed by atoms with Crippen molar-refractivity contribution in [3.05, 3.63) is 51.3 Å². The summed E-state index contributed by atoms with van der Waals surface area (Å²) >= 11 is 0. The summed E-state index contributed by atoms with van der Waals surface area (Å²) in [5, 5.41) is 17.9. The van der Waals surface area contributed by atoms with E-state index in [-0.39, 0.29) is 23.1 Å². The molecule has 1 heterocycles. The summed E-state index contributed by atoms with van der Waals surface area (Å²) in [4.78, 5) is 34.2. The number of benzene rings is 1. The molecule has 2 aromatic rings. The van der Waals surface area contributed by atoms with Gasteiger partial charge in [0.2, 0.25) is 5.91 Å². The van der Waals surface area contributed by atoms with Crippen molar-refractivity contribution >= 4 is 23.1 Å². The topological polar surface area (TPSA) is 107 Å². The lowest BCUT2D eigenvalue weighted by Gasteiger charge is -2.14. The average Bonchev–Trinajstić information content (AvgIpc) is 2.81. The molecule has 0 aliphatic rings. The lowest BCUT2D eigenvalue weighted by atomic mass is 10.1. The number of carbonyl (C=O) groups excluding carboxylic acids is 2. The summed E-state index contributed by atoms with van der Waals surface area (Å²) in [5.41, 5.74) is 1.60. The van der Waals surface area contributed by atoms with E-state index in [1.54, 1.807) is 38.1 Å². The Bertz CT molecular complexity index is 808. The molecule has 0 aliphatic carbocycles. The molecular formula is C16H18N4O4. The van der Waals surface area contributed by atoms with Crippen molar-refractivity contribution in [2.24, 2.45) is 0 Å². The molecule has 0 saturated heterocycles. The van der Waals surface area contributed by atoms with Crippen LogP contribution in [0.5, 0.6) is 0 Å². The molecule has 0 saturated carbocycles. The minimum Gasteiger partial charge on any atom is -0.324 e. The van der Waals surface area contributed by atoms with Gasteiger partial charge in [-0.3, -0.25) is 24.4 Å². The number of ketones is 1. The molecule has 1 amide bonds. The predicted molar refractivity (Wildman–Crippen MR) is 88.1 cm³/mol. The van der Waals surface area contributed by atoms with Crippen molar-refractivity contribution in [1.29, 1.82) is 0 Å². The molecule has 0 bridgehead atoms. The van der Waals surface area contributed by atoms with E-state index in [2.05, 4.69) is 10.4 Å². The zero-order valence-electron chi connectivity index (χ0n) is 13.9. The fourth-order valence-corrected chi connectivity index (χ4v) is 2.44. The Hall–Kier alpha value is -3.03. The molecule has 1 atom stereocenters. The minimum atomic E-state index is -0.718. The highest BCUT2D eigenvalue weighted by Crippen LogP contribution is 2.25. The number of aryl methyl sites for hydroxylation is 1. The number of amides is 1. The van der Waals surface area contributed by atoms with Gasteiger partial charge in [0.15, 0.2) is 5.78 Å². The van der Waals surface area contributed by atoms with Gasteiger partial charge in [-0.05, 0) is 52.0 Å². The molecule has 1 unspecified atom stereocenters. The molecule has 8 heteroatoms. The third-order valence-electron chi connectivity index (χ3n) is 3.77. The molecule has 2 rings (SSSR count). The molecule has 0 spiro atoms. The van der Waals surface area contributed by atoms with E-state index in [1.807, 2.05) is 0 Å². The summed E-state index contributed by atoms with van der Waals surface area (Å²) in [7, 11) is 0. The first-order valence-corrected chi connectivity index (χ1v) is 7.34. The Morgan fingerprint density at radius 1 is 1.25 bits per heavy atom. The van der Waals surface area contributed by atoms with E-state index in [0.717, 1.165) is 0 Å². The standard InChI is InChI=1S/C16H18N4O4/c1-9-15(20(23)24)10(2)19(18-9)11(3)16(22)17-14-7-5-13(6-8-14)12(4)21/h5-8,11H,1-4H3,(H,17,22). The zero-order valence-corrected chi connectivity index (χ0v) is 13.9. The molecule has 0 radical (unpaired) electrons. The predicted octanol–water partition coefficient (Wildman–Crippen LogP) is 2.81. The number of Topliss-reactive ketones (excluding diaryl/α,β-unsaturated/α-hetero) is 1. The third kappa shape index (κ3) is 3.32. The van der Waals surface area contributed by atoms with Gasteiger partial charge in [-0.2, -0.15) is 5.10 Å². The van der Waals surface area contributed by atoms with Crippen molar-refractivity contribution in [2.45, 2.75) is 33.7 Å². The van der Waals surface area contributed by atoms with Crippen LogP contribution in [0, 0.1) is 24.0 Å². The molecule has 1 aromatic carbocycles. The molecule has 1 N–H and O–H groups in total. The van der Waals surface area contributed by atoms with Crippen LogP contribution in [-0.4, -0.2) is 26.4 Å². The Morgan fingerprint density at radius 2 is 1.83 bits per heavy atom. The summed E-state index contributed by atoms with van der Waals surface area (Å²) in [6.07, 6.45) is 0. The van der Waals surface area contributed by atoms with Crippen molar-refractivity contribution in [1.82, 2.24) is 9.78 Å². The summed E-state index contributed by atoms with van der Waals surface area (Å²) in [5.74, 6) is -0.415. The average molecular weight is 330 g/mol. The minimum absolute atomic E-state index is 0.0591. The second-order valence-corrected chi connectivity index (χ2v) is 5.52. The largest absolute Gasteiger partial charge is 0.324 e. The fourth-order valence-electron chi connectivity index (χ4n) is 2.44. The van der Waals surface area contributed by atoms with Gasteiger partial charge >= 0.3 is 5.69 Å². The number of nitro groups is 1. The highest BCUT2D eigenvalue weighted by Gasteiger charge is 2.27. The van der Waals surface area contributed by atoms with E-state index in [4.69, 9.17) is 0 Å². The maximum absolute atomic E-state index is 12.4. The Labute approximate surface area is 138 Å². The monoisotopic (exact) mass is 330 g/mol. The number of rotatable bonds is 5. The Balaban J connectivity index is 2.19. The van der Waals surface area contributed by atoms with Crippen LogP contribution in [0.15, 0.2) is 24.3 Å². The number of hydrogen-bond donors (Lipinski definition) is 1. The van der Waals surface area contributed by atoms with E-state index in [0.29, 0.717) is 16.9 Å². The molecule has 8 nitrogen and oxygen atoms in total. The highest BCUT2D eigenvalue weighted by molar-refractivity contribution is 5.96. The number of hydrogen-bond acceptors (Lipinski definition) is 5. The van der Waals surface area contributed by atoms with Crippen molar-refractivity contribution < 1.29 is 14.5 Å². The molecule has 24 heavy (non-hydrogen) atoms. The maximum atomic E-state index is 12.4. The number of nitrogens with one attached hydrogen (secondary N) is 1. The van der Waals surface area contributed by atoms with Crippen LogP contribution >= 0.6 is 0 Å². The van der Waals surface area contributed by atoms with Gasteiger partial charge in [0.25, 0.3) is 0 Å². The molecular weight excluding hydrogens is 312 g/mol. The number of anilines is 1. The molecule has 0 aliphatic heterocycles. The zero-order chi connectivity index (χ0) is 18.0. The Kier molecular flexibility index (Phi) is 4.77. The van der Waals surface area contributed by atoms with Gasteiger partial charge in [-0.25, -0.2) is 0 Å². The Morgan fingerprint density at radius 3 is 2.29 bits per heavy atom. The van der Waals surface area contributed by atoms with Gasteiger partial charge in [0.1, 0.15) is 17.4 Å². The van der Waals surface area contributed by atoms with Crippen LogP contribution in [0.3, 0.4) is 0 Å². The summed E-state index contributed by atoms with van der Waals surface area (Å²) in [6, 6.07) is 5.79. The normalized spacial score (nSPS) is 11.8. The van der Waals surface area contributed by atoms with Crippen LogP contribution < -0.4 is 5.32 Å². The van der Waals surface area contributed by atoms with Crippen LogP contribution in [-0.2, 0) is 4.79 Å². The van der Waals surface area contributed by atoms with Crippen molar-refractivity contribution in [2.75, 3.05) is 5.32 Å². The highest BCUT2D eigenvalue weighted by atomic mass is 16.6. The van der Waals surface area contributed by atoms with Crippen molar-refractivity contribution in [3.8, 4) is 0 Å². The van der Waals surface area contributed by atoms with Gasteiger partial charge in [-0.15, -0.1) is 0 Å². The fraction of sp³-hybridized carbons (Fsp3) is 0.312. The number of carbonyl (C=O) groups is 2. The first-order chi connectivity index (χ1) is 11.2. The lowest BCUT2D eigenvalue weighted by Crippen LogP contribution is -2.25. The van der Waals surface area contributed by atoms with E-state index >= 15 is 0 Å². The second-order valence-electron chi connectivity index (χ2n) is 5.52. The molecule has 0 fully saturated rings. The smallest absolute Gasteiger partial charge is 0.312 e.